The molecule has 0 radical (unpaired) electrons. The van der Waals surface area contributed by atoms with Crippen LogP contribution in [0.3, 0.4) is 0 Å². The van der Waals surface area contributed by atoms with Crippen LogP contribution >= 0.6 is 11.6 Å². The maximum atomic E-state index is 11.6. The van der Waals surface area contributed by atoms with Crippen molar-refractivity contribution in [1.29, 1.82) is 0 Å². The van der Waals surface area contributed by atoms with E-state index in [0.717, 1.165) is 62.6 Å². The summed E-state index contributed by atoms with van der Waals surface area (Å²) in [5.41, 5.74) is 0.470. The van der Waals surface area contributed by atoms with Gasteiger partial charge in [-0.25, -0.2) is 0 Å². The molecule has 0 amide bonds. The summed E-state index contributed by atoms with van der Waals surface area (Å²) in [4.78, 5) is 4.94. The van der Waals surface area contributed by atoms with Gasteiger partial charge in [0.25, 0.3) is 0 Å². The summed E-state index contributed by atoms with van der Waals surface area (Å²) in [6.45, 7) is 5.53. The van der Waals surface area contributed by atoms with Crippen molar-refractivity contribution in [1.82, 2.24) is 9.80 Å². The first kappa shape index (κ1) is 18.2. The highest BCUT2D eigenvalue weighted by molar-refractivity contribution is 6.31. The van der Waals surface area contributed by atoms with Crippen molar-refractivity contribution in [3.05, 3.63) is 34.9 Å². The van der Waals surface area contributed by atoms with Crippen molar-refractivity contribution in [3.8, 4) is 0 Å². The molecule has 1 heterocycles. The average molecular weight is 351 g/mol. The Morgan fingerprint density at radius 3 is 2.62 bits per heavy atom. The predicted octanol–water partition coefficient (Wildman–Crippen LogP) is 3.44. The second-order valence-electron chi connectivity index (χ2n) is 7.77. The SMILES string of the molecule is CN1CCN(CC2CCCCCC2(O)Cc2ccccc2Cl)CC1. The van der Waals surface area contributed by atoms with Crippen LogP contribution in [0.5, 0.6) is 0 Å². The molecule has 1 saturated heterocycles. The van der Waals surface area contributed by atoms with Crippen molar-refractivity contribution < 1.29 is 5.11 Å². The molecule has 1 aliphatic heterocycles. The van der Waals surface area contributed by atoms with Gasteiger partial charge in [0, 0.05) is 50.1 Å². The van der Waals surface area contributed by atoms with E-state index < -0.39 is 5.60 Å². The van der Waals surface area contributed by atoms with Crippen LogP contribution in [0.1, 0.15) is 37.7 Å². The minimum Gasteiger partial charge on any atom is -0.389 e. The Bertz CT molecular complexity index is 530. The zero-order valence-corrected chi connectivity index (χ0v) is 15.6. The Labute approximate surface area is 151 Å². The molecule has 0 bridgehead atoms. The van der Waals surface area contributed by atoms with Crippen LogP contribution in [0.4, 0.5) is 0 Å². The van der Waals surface area contributed by atoms with Gasteiger partial charge in [0.1, 0.15) is 0 Å². The van der Waals surface area contributed by atoms with Crippen LogP contribution in [0.2, 0.25) is 5.02 Å². The predicted molar refractivity (Wildman–Crippen MR) is 101 cm³/mol. The molecule has 0 spiro atoms. The lowest BCUT2D eigenvalue weighted by Crippen LogP contribution is -2.50. The van der Waals surface area contributed by atoms with E-state index in [1.54, 1.807) is 0 Å². The third kappa shape index (κ3) is 4.51. The van der Waals surface area contributed by atoms with Gasteiger partial charge in [-0.1, -0.05) is 49.1 Å². The molecule has 1 aromatic carbocycles. The maximum Gasteiger partial charge on any atom is 0.0728 e. The highest BCUT2D eigenvalue weighted by Gasteiger charge is 2.39. The third-order valence-corrected chi connectivity index (χ3v) is 6.32. The van der Waals surface area contributed by atoms with Gasteiger partial charge in [0.2, 0.25) is 0 Å². The molecular formula is C20H31ClN2O. The molecule has 2 unspecified atom stereocenters. The molecule has 2 fully saturated rings. The molecule has 3 nitrogen and oxygen atoms in total. The van der Waals surface area contributed by atoms with Gasteiger partial charge >= 0.3 is 0 Å². The molecule has 134 valence electrons. The fraction of sp³-hybridized carbons (Fsp3) is 0.700. The molecule has 1 aliphatic carbocycles. The highest BCUT2D eigenvalue weighted by Crippen LogP contribution is 2.37. The van der Waals surface area contributed by atoms with E-state index in [4.69, 9.17) is 11.6 Å². The minimum absolute atomic E-state index is 0.347. The Kier molecular flexibility index (Phi) is 6.20. The van der Waals surface area contributed by atoms with E-state index in [1.165, 1.54) is 12.8 Å². The van der Waals surface area contributed by atoms with Crippen molar-refractivity contribution in [3.63, 3.8) is 0 Å². The van der Waals surface area contributed by atoms with Gasteiger partial charge in [-0.15, -0.1) is 0 Å². The van der Waals surface area contributed by atoms with E-state index >= 15 is 0 Å². The molecular weight excluding hydrogens is 320 g/mol. The Hall–Kier alpha value is -0.610. The number of hydrogen-bond acceptors (Lipinski definition) is 3. The number of hydrogen-bond donors (Lipinski definition) is 1. The van der Waals surface area contributed by atoms with E-state index in [0.29, 0.717) is 12.3 Å². The van der Waals surface area contributed by atoms with Gasteiger partial charge in [0.15, 0.2) is 0 Å². The van der Waals surface area contributed by atoms with Gasteiger partial charge in [-0.2, -0.15) is 0 Å². The third-order valence-electron chi connectivity index (χ3n) is 5.95. The number of likely N-dealkylation sites (N-methyl/N-ethyl adjacent to an activating group) is 1. The van der Waals surface area contributed by atoms with Crippen LogP contribution in [-0.2, 0) is 6.42 Å². The van der Waals surface area contributed by atoms with E-state index in [-0.39, 0.29) is 0 Å². The molecule has 1 N–H and O–H groups in total. The van der Waals surface area contributed by atoms with Gasteiger partial charge in [-0.05, 0) is 31.5 Å². The summed E-state index contributed by atoms with van der Waals surface area (Å²) in [7, 11) is 2.19. The number of nitrogens with zero attached hydrogens (tertiary/aromatic N) is 2. The van der Waals surface area contributed by atoms with Gasteiger partial charge in [0.05, 0.1) is 5.60 Å². The van der Waals surface area contributed by atoms with Gasteiger partial charge in [-0.3, -0.25) is 0 Å². The van der Waals surface area contributed by atoms with Crippen LogP contribution in [0.15, 0.2) is 24.3 Å². The smallest absolute Gasteiger partial charge is 0.0728 e. The summed E-state index contributed by atoms with van der Waals surface area (Å²) in [6.07, 6.45) is 6.32. The van der Waals surface area contributed by atoms with Crippen molar-refractivity contribution in [2.45, 2.75) is 44.1 Å². The number of benzene rings is 1. The number of halogens is 1. The van der Waals surface area contributed by atoms with E-state index in [1.807, 2.05) is 18.2 Å². The number of piperazine rings is 1. The van der Waals surface area contributed by atoms with E-state index in [9.17, 15) is 5.11 Å². The molecule has 24 heavy (non-hydrogen) atoms. The second-order valence-corrected chi connectivity index (χ2v) is 8.18. The minimum atomic E-state index is -0.620. The number of rotatable bonds is 4. The lowest BCUT2D eigenvalue weighted by atomic mass is 9.78. The van der Waals surface area contributed by atoms with Crippen LogP contribution < -0.4 is 0 Å². The topological polar surface area (TPSA) is 26.7 Å². The summed E-state index contributed by atoms with van der Waals surface area (Å²) < 4.78 is 0. The van der Waals surface area contributed by atoms with Crippen LogP contribution in [-0.4, -0.2) is 60.3 Å². The maximum absolute atomic E-state index is 11.6. The zero-order chi connectivity index (χ0) is 17.0. The second kappa shape index (κ2) is 8.18. The zero-order valence-electron chi connectivity index (χ0n) is 14.9. The molecule has 2 aliphatic rings. The standard InChI is InChI=1S/C20H31ClN2O/c1-22-11-13-23(14-12-22)16-18-8-3-2-6-10-20(18,24)15-17-7-4-5-9-19(17)21/h4-5,7,9,18,24H,2-3,6,8,10-16H2,1H3. The van der Waals surface area contributed by atoms with Crippen molar-refractivity contribution in [2.75, 3.05) is 39.8 Å². The Morgan fingerprint density at radius 2 is 1.88 bits per heavy atom. The molecule has 0 aromatic heterocycles. The Morgan fingerprint density at radius 1 is 1.12 bits per heavy atom. The normalized spacial score (nSPS) is 30.2. The molecule has 1 saturated carbocycles. The first-order valence-corrected chi connectivity index (χ1v) is 9.81. The summed E-state index contributed by atoms with van der Waals surface area (Å²) in [5, 5.41) is 12.4. The first-order valence-electron chi connectivity index (χ1n) is 9.43. The van der Waals surface area contributed by atoms with Gasteiger partial charge < -0.3 is 14.9 Å². The van der Waals surface area contributed by atoms with Crippen LogP contribution in [0, 0.1) is 5.92 Å². The lowest BCUT2D eigenvalue weighted by molar-refractivity contribution is -0.0405. The van der Waals surface area contributed by atoms with Crippen molar-refractivity contribution in [2.24, 2.45) is 5.92 Å². The largest absolute Gasteiger partial charge is 0.389 e. The average Bonchev–Trinajstić information content (AvgIpc) is 2.74. The molecule has 1 aromatic rings. The molecule has 3 rings (SSSR count). The van der Waals surface area contributed by atoms with Crippen LogP contribution in [0.25, 0.3) is 0 Å². The Balaban J connectivity index is 1.72. The molecule has 2 atom stereocenters. The van der Waals surface area contributed by atoms with Crippen molar-refractivity contribution >= 4 is 11.6 Å². The summed E-state index contributed by atoms with van der Waals surface area (Å²) >= 11 is 6.37. The number of aliphatic hydroxyl groups is 1. The monoisotopic (exact) mass is 350 g/mol. The van der Waals surface area contributed by atoms with E-state index in [2.05, 4.69) is 22.9 Å². The molecule has 4 heteroatoms. The quantitative estimate of drug-likeness (QED) is 0.843. The summed E-state index contributed by atoms with van der Waals surface area (Å²) in [5.74, 6) is 0.347. The fourth-order valence-corrected chi connectivity index (χ4v) is 4.48. The first-order chi connectivity index (χ1) is 11.6. The fourth-order valence-electron chi connectivity index (χ4n) is 4.28. The summed E-state index contributed by atoms with van der Waals surface area (Å²) in [6, 6.07) is 7.99. The highest BCUT2D eigenvalue weighted by atomic mass is 35.5. The lowest BCUT2D eigenvalue weighted by Gasteiger charge is -2.41.